The lowest BCUT2D eigenvalue weighted by Crippen LogP contribution is -2.61. The lowest BCUT2D eigenvalue weighted by Gasteiger charge is -2.59. The van der Waals surface area contributed by atoms with Crippen LogP contribution < -0.4 is 0 Å². The molecule has 1 heterocycles. The Balaban J connectivity index is 1.25. The maximum atomic E-state index is 13.6. The summed E-state index contributed by atoms with van der Waals surface area (Å²) in [5.41, 5.74) is -0.401. The van der Waals surface area contributed by atoms with E-state index in [-0.39, 0.29) is 40.5 Å². The average Bonchev–Trinajstić information content (AvgIpc) is 3.36. The first-order chi connectivity index (χ1) is 16.7. The normalized spacial score (nSPS) is 40.2. The Morgan fingerprint density at radius 2 is 2.06 bits per heavy atom. The van der Waals surface area contributed by atoms with Crippen LogP contribution in [-0.4, -0.2) is 44.2 Å². The molecule has 1 aromatic carbocycles. The van der Waals surface area contributed by atoms with E-state index in [1.807, 2.05) is 37.3 Å². The zero-order valence-electron chi connectivity index (χ0n) is 20.1. The van der Waals surface area contributed by atoms with Gasteiger partial charge in [0.05, 0.1) is 22.1 Å². The molecule has 0 aliphatic heterocycles. The second kappa shape index (κ2) is 8.10. The highest BCUT2D eigenvalue weighted by Gasteiger charge is 2.67. The summed E-state index contributed by atoms with van der Waals surface area (Å²) in [4.78, 5) is 30.2. The van der Waals surface area contributed by atoms with Crippen LogP contribution >= 0.6 is 23.1 Å². The SMILES string of the molecule is CC12C=CC(=O)C=C1CCC1C2[C@@H](O)CC2(C)C1CC[C@]2(O)C(=O)CSc1nc2ccccc2s1. The van der Waals surface area contributed by atoms with E-state index in [1.165, 1.54) is 11.8 Å². The van der Waals surface area contributed by atoms with E-state index in [4.69, 9.17) is 0 Å². The molecule has 0 spiro atoms. The van der Waals surface area contributed by atoms with Gasteiger partial charge in [-0.2, -0.15) is 0 Å². The Bertz CT molecular complexity index is 1250. The molecule has 7 atom stereocenters. The fourth-order valence-corrected chi connectivity index (χ4v) is 9.98. The third-order valence-electron chi connectivity index (χ3n) is 9.71. The fraction of sp³-hybridized carbons (Fsp3) is 0.536. The van der Waals surface area contributed by atoms with Crippen molar-refractivity contribution in [3.8, 4) is 0 Å². The largest absolute Gasteiger partial charge is 0.393 e. The highest BCUT2D eigenvalue weighted by molar-refractivity contribution is 8.01. The summed E-state index contributed by atoms with van der Waals surface area (Å²) in [6.45, 7) is 4.17. The monoisotopic (exact) mass is 509 g/mol. The number of aromatic nitrogens is 1. The van der Waals surface area contributed by atoms with Crippen molar-refractivity contribution in [2.45, 2.75) is 62.0 Å². The number of hydrogen-bond acceptors (Lipinski definition) is 7. The number of aliphatic hydroxyl groups is 2. The van der Waals surface area contributed by atoms with Gasteiger partial charge in [0.1, 0.15) is 5.60 Å². The first-order valence-electron chi connectivity index (χ1n) is 12.5. The second-order valence-electron chi connectivity index (χ2n) is 11.3. The van der Waals surface area contributed by atoms with Gasteiger partial charge in [0.15, 0.2) is 15.9 Å². The molecule has 2 N–H and O–H groups in total. The first-order valence-corrected chi connectivity index (χ1v) is 14.3. The number of Topliss-reactive ketones (excluding diaryl/α,β-unsaturated/α-hetero) is 1. The van der Waals surface area contributed by atoms with Crippen molar-refractivity contribution in [1.29, 1.82) is 0 Å². The van der Waals surface area contributed by atoms with Crippen molar-refractivity contribution < 1.29 is 19.8 Å². The number of ketones is 2. The molecule has 0 bridgehead atoms. The zero-order valence-corrected chi connectivity index (χ0v) is 21.7. The van der Waals surface area contributed by atoms with E-state index < -0.39 is 17.1 Å². The standard InChI is InChI=1S/C28H31NO4S2/c1-26-11-9-17(30)13-16(26)7-8-18-19-10-12-28(33,27(19,2)14-21(31)24(18)26)23(32)15-34-25-29-20-5-3-4-6-22(20)35-25/h3-6,9,11,13,18-19,21,24,31,33H,7-8,10,12,14-15H2,1-2H3/t18?,19?,21-,24?,26?,27?,28-/m0/s1. The van der Waals surface area contributed by atoms with E-state index in [2.05, 4.69) is 11.9 Å². The number of hydrogen-bond donors (Lipinski definition) is 2. The molecule has 7 heteroatoms. The molecule has 0 amide bonds. The Morgan fingerprint density at radius 1 is 1.26 bits per heavy atom. The Morgan fingerprint density at radius 3 is 2.86 bits per heavy atom. The lowest BCUT2D eigenvalue weighted by molar-refractivity contribution is -0.174. The predicted octanol–water partition coefficient (Wildman–Crippen LogP) is 4.97. The maximum absolute atomic E-state index is 13.6. The molecule has 4 aliphatic carbocycles. The van der Waals surface area contributed by atoms with E-state index in [0.29, 0.717) is 12.8 Å². The number of fused-ring (bicyclic) bond motifs is 6. The third-order valence-corrected chi connectivity index (χ3v) is 11.9. The smallest absolute Gasteiger partial charge is 0.178 e. The summed E-state index contributed by atoms with van der Waals surface area (Å²) in [5.74, 6) is 0.433. The number of allylic oxidation sites excluding steroid dienone is 4. The van der Waals surface area contributed by atoms with Gasteiger partial charge in [-0.25, -0.2) is 4.98 Å². The molecule has 4 aliphatic rings. The molecule has 184 valence electrons. The van der Waals surface area contributed by atoms with E-state index >= 15 is 0 Å². The summed E-state index contributed by atoms with van der Waals surface area (Å²) >= 11 is 2.97. The van der Waals surface area contributed by atoms with Gasteiger partial charge in [-0.05, 0) is 68.2 Å². The van der Waals surface area contributed by atoms with Gasteiger partial charge in [-0.3, -0.25) is 9.59 Å². The summed E-state index contributed by atoms with van der Waals surface area (Å²) in [5, 5.41) is 23.4. The number of carbonyl (C=O) groups excluding carboxylic acids is 2. The van der Waals surface area contributed by atoms with Crippen molar-refractivity contribution in [2.24, 2.45) is 28.6 Å². The second-order valence-corrected chi connectivity index (χ2v) is 13.5. The van der Waals surface area contributed by atoms with Gasteiger partial charge in [0, 0.05) is 16.7 Å². The van der Waals surface area contributed by atoms with Crippen LogP contribution in [0.4, 0.5) is 0 Å². The minimum atomic E-state index is -1.44. The van der Waals surface area contributed by atoms with Gasteiger partial charge in [0.2, 0.25) is 0 Å². The Kier molecular flexibility index (Phi) is 5.46. The van der Waals surface area contributed by atoms with Crippen LogP contribution in [0.15, 0.2) is 52.4 Å². The lowest BCUT2D eigenvalue weighted by atomic mass is 9.46. The summed E-state index contributed by atoms with van der Waals surface area (Å²) < 4.78 is 1.93. The third kappa shape index (κ3) is 3.38. The van der Waals surface area contributed by atoms with Crippen LogP contribution in [-0.2, 0) is 9.59 Å². The molecule has 0 saturated heterocycles. The van der Waals surface area contributed by atoms with Crippen LogP contribution in [0.3, 0.4) is 0 Å². The summed E-state index contributed by atoms with van der Waals surface area (Å²) in [6.07, 6.45) is 8.09. The number of carbonyl (C=O) groups is 2. The Hall–Kier alpha value is -1.80. The highest BCUT2D eigenvalue weighted by atomic mass is 32.2. The van der Waals surface area contributed by atoms with Crippen LogP contribution in [0.25, 0.3) is 10.2 Å². The average molecular weight is 510 g/mol. The Labute approximate surface area is 213 Å². The van der Waals surface area contributed by atoms with Gasteiger partial charge in [0.25, 0.3) is 0 Å². The molecule has 5 nitrogen and oxygen atoms in total. The van der Waals surface area contributed by atoms with E-state index in [0.717, 1.165) is 39.4 Å². The maximum Gasteiger partial charge on any atom is 0.178 e. The molecular formula is C28H31NO4S2. The summed E-state index contributed by atoms with van der Waals surface area (Å²) in [6, 6.07) is 7.93. The number of benzene rings is 1. The molecule has 0 radical (unpaired) electrons. The van der Waals surface area contributed by atoms with Crippen LogP contribution in [0.2, 0.25) is 0 Å². The number of thioether (sulfide) groups is 1. The van der Waals surface area contributed by atoms with Crippen molar-refractivity contribution in [3.63, 3.8) is 0 Å². The molecule has 35 heavy (non-hydrogen) atoms. The number of para-hydroxylation sites is 1. The van der Waals surface area contributed by atoms with Crippen molar-refractivity contribution in [3.05, 3.63) is 48.1 Å². The highest BCUT2D eigenvalue weighted by Crippen LogP contribution is 2.67. The number of thiazole rings is 1. The number of rotatable bonds is 4. The molecule has 3 fully saturated rings. The minimum Gasteiger partial charge on any atom is -0.393 e. The number of nitrogens with zero attached hydrogens (tertiary/aromatic N) is 1. The minimum absolute atomic E-state index is 0.000462. The molecule has 3 saturated carbocycles. The van der Waals surface area contributed by atoms with Crippen molar-refractivity contribution >= 4 is 44.9 Å². The quantitative estimate of drug-likeness (QED) is 0.566. The van der Waals surface area contributed by atoms with E-state index in [1.54, 1.807) is 23.5 Å². The van der Waals surface area contributed by atoms with Gasteiger partial charge >= 0.3 is 0 Å². The number of aliphatic hydroxyl groups excluding tert-OH is 1. The topological polar surface area (TPSA) is 87.5 Å². The van der Waals surface area contributed by atoms with Crippen molar-refractivity contribution in [1.82, 2.24) is 4.98 Å². The zero-order chi connectivity index (χ0) is 24.6. The molecule has 2 aromatic rings. The van der Waals surface area contributed by atoms with Gasteiger partial charge < -0.3 is 10.2 Å². The molecular weight excluding hydrogens is 478 g/mol. The van der Waals surface area contributed by atoms with Crippen molar-refractivity contribution in [2.75, 3.05) is 5.75 Å². The van der Waals surface area contributed by atoms with E-state index in [9.17, 15) is 19.8 Å². The molecule has 5 unspecified atom stereocenters. The fourth-order valence-electron chi connectivity index (χ4n) is 7.95. The molecule has 6 rings (SSSR count). The van der Waals surface area contributed by atoms with Crippen LogP contribution in [0.5, 0.6) is 0 Å². The van der Waals surface area contributed by atoms with Crippen LogP contribution in [0.1, 0.15) is 46.0 Å². The van der Waals surface area contributed by atoms with Gasteiger partial charge in [-0.1, -0.05) is 49.4 Å². The van der Waals surface area contributed by atoms with Crippen LogP contribution in [0, 0.1) is 28.6 Å². The predicted molar refractivity (Wildman–Crippen MR) is 138 cm³/mol. The first kappa shape index (κ1) is 23.6. The van der Waals surface area contributed by atoms with Gasteiger partial charge in [-0.15, -0.1) is 11.3 Å². The molecule has 1 aromatic heterocycles. The summed E-state index contributed by atoms with van der Waals surface area (Å²) in [7, 11) is 0.